The van der Waals surface area contributed by atoms with E-state index >= 15 is 0 Å². The molecule has 0 aliphatic carbocycles. The van der Waals surface area contributed by atoms with Crippen LogP contribution in [0.25, 0.3) is 0 Å². The number of aldehydes is 1. The molecule has 0 radical (unpaired) electrons. The number of carbonyl (C=O) groups is 1. The maximum atomic E-state index is 11.1. The van der Waals surface area contributed by atoms with Gasteiger partial charge in [0, 0.05) is 12.2 Å². The SMILES string of the molecule is Cc1cc(C)cc(N2CCCCC2C=O)c1. The zero-order valence-corrected chi connectivity index (χ0v) is 10.1. The van der Waals surface area contributed by atoms with Gasteiger partial charge in [-0.2, -0.15) is 0 Å². The van der Waals surface area contributed by atoms with Gasteiger partial charge in [-0.3, -0.25) is 0 Å². The number of nitrogens with zero attached hydrogens (tertiary/aromatic N) is 1. The number of carbonyl (C=O) groups excluding carboxylic acids is 1. The first-order chi connectivity index (χ1) is 7.70. The van der Waals surface area contributed by atoms with E-state index in [2.05, 4.69) is 36.9 Å². The van der Waals surface area contributed by atoms with Crippen molar-refractivity contribution in [3.63, 3.8) is 0 Å². The second kappa shape index (κ2) is 4.69. The molecule has 86 valence electrons. The van der Waals surface area contributed by atoms with Crippen LogP contribution in [0.1, 0.15) is 30.4 Å². The van der Waals surface area contributed by atoms with E-state index < -0.39 is 0 Å². The highest BCUT2D eigenvalue weighted by atomic mass is 16.1. The molecule has 1 saturated heterocycles. The van der Waals surface area contributed by atoms with Crippen molar-refractivity contribution >= 4 is 12.0 Å². The molecule has 0 amide bonds. The molecular weight excluding hydrogens is 198 g/mol. The molecule has 1 atom stereocenters. The van der Waals surface area contributed by atoms with E-state index in [-0.39, 0.29) is 6.04 Å². The number of anilines is 1. The second-order valence-corrected chi connectivity index (χ2v) is 4.74. The van der Waals surface area contributed by atoms with Crippen LogP contribution in [0.4, 0.5) is 5.69 Å². The molecule has 0 bridgehead atoms. The van der Waals surface area contributed by atoms with Gasteiger partial charge in [0.25, 0.3) is 0 Å². The number of hydrogen-bond donors (Lipinski definition) is 0. The van der Waals surface area contributed by atoms with Crippen molar-refractivity contribution in [3.8, 4) is 0 Å². The predicted octanol–water partition coefficient (Wildman–Crippen LogP) is 2.86. The van der Waals surface area contributed by atoms with Gasteiger partial charge in [0.05, 0.1) is 6.04 Å². The highest BCUT2D eigenvalue weighted by Crippen LogP contribution is 2.25. The fourth-order valence-electron chi connectivity index (χ4n) is 2.54. The topological polar surface area (TPSA) is 20.3 Å². The number of rotatable bonds is 2. The Morgan fingerprint density at radius 3 is 2.50 bits per heavy atom. The summed E-state index contributed by atoms with van der Waals surface area (Å²) in [5.74, 6) is 0. The molecule has 1 aromatic carbocycles. The average Bonchev–Trinajstić information content (AvgIpc) is 2.27. The summed E-state index contributed by atoms with van der Waals surface area (Å²) < 4.78 is 0. The Labute approximate surface area is 97.3 Å². The van der Waals surface area contributed by atoms with Crippen molar-refractivity contribution in [2.75, 3.05) is 11.4 Å². The van der Waals surface area contributed by atoms with Crippen LogP contribution in [0.15, 0.2) is 18.2 Å². The molecule has 1 aliphatic rings. The average molecular weight is 217 g/mol. The minimum atomic E-state index is 0.0787. The van der Waals surface area contributed by atoms with Crippen LogP contribution < -0.4 is 4.90 Å². The maximum absolute atomic E-state index is 11.1. The van der Waals surface area contributed by atoms with Gasteiger partial charge in [-0.15, -0.1) is 0 Å². The molecule has 2 rings (SSSR count). The first-order valence-electron chi connectivity index (χ1n) is 6.01. The molecule has 0 spiro atoms. The lowest BCUT2D eigenvalue weighted by atomic mass is 10.0. The lowest BCUT2D eigenvalue weighted by Gasteiger charge is -2.34. The Hall–Kier alpha value is -1.31. The molecule has 0 saturated carbocycles. The smallest absolute Gasteiger partial charge is 0.142 e. The Bertz CT molecular complexity index is 366. The molecule has 1 aromatic rings. The highest BCUT2D eigenvalue weighted by Gasteiger charge is 2.22. The van der Waals surface area contributed by atoms with Crippen molar-refractivity contribution in [2.24, 2.45) is 0 Å². The molecule has 1 heterocycles. The first-order valence-corrected chi connectivity index (χ1v) is 6.01. The van der Waals surface area contributed by atoms with Crippen LogP contribution in [0.5, 0.6) is 0 Å². The molecule has 1 aliphatic heterocycles. The molecule has 16 heavy (non-hydrogen) atoms. The van der Waals surface area contributed by atoms with E-state index in [0.717, 1.165) is 19.3 Å². The van der Waals surface area contributed by atoms with Gasteiger partial charge in [0.1, 0.15) is 6.29 Å². The van der Waals surface area contributed by atoms with Crippen molar-refractivity contribution in [1.82, 2.24) is 0 Å². The van der Waals surface area contributed by atoms with Crippen molar-refractivity contribution in [3.05, 3.63) is 29.3 Å². The van der Waals surface area contributed by atoms with Crippen LogP contribution in [-0.2, 0) is 4.79 Å². The predicted molar refractivity (Wildman–Crippen MR) is 67.0 cm³/mol. The van der Waals surface area contributed by atoms with Gasteiger partial charge in [0.15, 0.2) is 0 Å². The minimum Gasteiger partial charge on any atom is -0.362 e. The van der Waals surface area contributed by atoms with Gasteiger partial charge in [-0.25, -0.2) is 0 Å². The summed E-state index contributed by atoms with van der Waals surface area (Å²) in [4.78, 5) is 13.3. The number of aryl methyl sites for hydroxylation is 2. The van der Waals surface area contributed by atoms with Crippen LogP contribution in [0, 0.1) is 13.8 Å². The van der Waals surface area contributed by atoms with Crippen LogP contribution in [-0.4, -0.2) is 18.9 Å². The Morgan fingerprint density at radius 1 is 1.19 bits per heavy atom. The third-order valence-corrected chi connectivity index (χ3v) is 3.24. The van der Waals surface area contributed by atoms with Crippen molar-refractivity contribution < 1.29 is 4.79 Å². The van der Waals surface area contributed by atoms with Gasteiger partial charge >= 0.3 is 0 Å². The van der Waals surface area contributed by atoms with Crippen LogP contribution in [0.3, 0.4) is 0 Å². The van der Waals surface area contributed by atoms with Gasteiger partial charge in [-0.1, -0.05) is 6.07 Å². The van der Waals surface area contributed by atoms with E-state index in [4.69, 9.17) is 0 Å². The summed E-state index contributed by atoms with van der Waals surface area (Å²) in [7, 11) is 0. The highest BCUT2D eigenvalue weighted by molar-refractivity contribution is 5.67. The van der Waals surface area contributed by atoms with E-state index in [9.17, 15) is 4.79 Å². The number of hydrogen-bond acceptors (Lipinski definition) is 2. The second-order valence-electron chi connectivity index (χ2n) is 4.74. The standard InChI is InChI=1S/C14H19NO/c1-11-7-12(2)9-14(8-11)15-6-4-3-5-13(15)10-16/h7-10,13H,3-6H2,1-2H3. The van der Waals surface area contributed by atoms with E-state index in [1.54, 1.807) is 0 Å². The largest absolute Gasteiger partial charge is 0.362 e. The van der Waals surface area contributed by atoms with Gasteiger partial charge in [-0.05, 0) is 56.4 Å². The molecule has 1 fully saturated rings. The summed E-state index contributed by atoms with van der Waals surface area (Å²) >= 11 is 0. The Balaban J connectivity index is 2.30. The Kier molecular flexibility index (Phi) is 3.28. The van der Waals surface area contributed by atoms with Crippen LogP contribution >= 0.6 is 0 Å². The first kappa shape index (κ1) is 11.2. The number of piperidine rings is 1. The fraction of sp³-hybridized carbons (Fsp3) is 0.500. The maximum Gasteiger partial charge on any atom is 0.142 e. The van der Waals surface area contributed by atoms with E-state index in [0.29, 0.717) is 0 Å². The minimum absolute atomic E-state index is 0.0787. The Morgan fingerprint density at radius 2 is 1.88 bits per heavy atom. The van der Waals surface area contributed by atoms with Crippen molar-refractivity contribution in [2.45, 2.75) is 39.2 Å². The van der Waals surface area contributed by atoms with Gasteiger partial charge in [0.2, 0.25) is 0 Å². The third-order valence-electron chi connectivity index (χ3n) is 3.24. The monoisotopic (exact) mass is 217 g/mol. The molecule has 2 heteroatoms. The molecule has 2 nitrogen and oxygen atoms in total. The zero-order valence-electron chi connectivity index (χ0n) is 10.1. The molecule has 0 N–H and O–H groups in total. The fourth-order valence-corrected chi connectivity index (χ4v) is 2.54. The van der Waals surface area contributed by atoms with Crippen LogP contribution in [0.2, 0.25) is 0 Å². The zero-order chi connectivity index (χ0) is 11.5. The van der Waals surface area contributed by atoms with E-state index in [1.807, 2.05) is 0 Å². The molecular formula is C14H19NO. The third kappa shape index (κ3) is 2.26. The summed E-state index contributed by atoms with van der Waals surface area (Å²) in [6.07, 6.45) is 4.45. The normalized spacial score (nSPS) is 20.9. The molecule has 0 aromatic heterocycles. The lowest BCUT2D eigenvalue weighted by Crippen LogP contribution is -2.40. The lowest BCUT2D eigenvalue weighted by molar-refractivity contribution is -0.109. The number of benzene rings is 1. The summed E-state index contributed by atoms with van der Waals surface area (Å²) in [5.41, 5.74) is 3.74. The quantitative estimate of drug-likeness (QED) is 0.710. The van der Waals surface area contributed by atoms with Gasteiger partial charge < -0.3 is 9.69 Å². The summed E-state index contributed by atoms with van der Waals surface area (Å²) in [6.45, 7) is 5.22. The summed E-state index contributed by atoms with van der Waals surface area (Å²) in [5, 5.41) is 0. The molecule has 1 unspecified atom stereocenters. The van der Waals surface area contributed by atoms with E-state index in [1.165, 1.54) is 29.7 Å². The summed E-state index contributed by atoms with van der Waals surface area (Å²) in [6, 6.07) is 6.60. The van der Waals surface area contributed by atoms with Crippen molar-refractivity contribution in [1.29, 1.82) is 0 Å².